The maximum Gasteiger partial charge on any atom is 0.434 e. The van der Waals surface area contributed by atoms with Gasteiger partial charge in [-0.3, -0.25) is 0 Å². The molecule has 2 atom stereocenters. The third kappa shape index (κ3) is 7.02. The first kappa shape index (κ1) is 29.6. The molecule has 3 aliphatic heterocycles. The number of benzene rings is 1. The Morgan fingerprint density at radius 2 is 1.59 bits per heavy atom. The monoisotopic (exact) mass is 577 g/mol. The molecule has 3 saturated heterocycles. The lowest BCUT2D eigenvalue weighted by molar-refractivity contribution is -0.308. The van der Waals surface area contributed by atoms with E-state index in [2.05, 4.69) is 10.1 Å². The Kier molecular flexibility index (Phi) is 7.98. The number of ether oxygens (including phenoxy) is 2. The highest BCUT2D eigenvalue weighted by Gasteiger charge is 2.60. The number of likely N-dealkylation sites (tertiary alicyclic amines) is 1. The second-order valence-electron chi connectivity index (χ2n) is 10.5. The number of amides is 1. The number of carbonyl (C=O) groups excluding carboxylic acids is 1. The van der Waals surface area contributed by atoms with Crippen LogP contribution in [0.2, 0.25) is 0 Å². The Morgan fingerprint density at radius 3 is 2.10 bits per heavy atom. The molecule has 0 aromatic heterocycles. The lowest BCUT2D eigenvalue weighted by Crippen LogP contribution is -2.54. The minimum absolute atomic E-state index is 0.0602. The van der Waals surface area contributed by atoms with Gasteiger partial charge in [0.25, 0.3) is 6.10 Å². The average molecular weight is 577 g/mol. The summed E-state index contributed by atoms with van der Waals surface area (Å²) in [5.41, 5.74) is -0.444. The highest BCUT2D eigenvalue weighted by molar-refractivity contribution is 5.68. The van der Waals surface area contributed by atoms with Crippen LogP contribution in [0.5, 0.6) is 0 Å². The number of halogens is 9. The zero-order chi connectivity index (χ0) is 28.8. The third-order valence-corrected chi connectivity index (χ3v) is 7.44. The summed E-state index contributed by atoms with van der Waals surface area (Å²) in [6.07, 6.45) is -20.2. The second kappa shape index (κ2) is 10.5. The van der Waals surface area contributed by atoms with Gasteiger partial charge in [-0.05, 0) is 50.3 Å². The molecule has 3 fully saturated rings. The van der Waals surface area contributed by atoms with Gasteiger partial charge in [0.1, 0.15) is 0 Å². The molecular weight excluding hydrogens is 549 g/mol. The van der Waals surface area contributed by atoms with E-state index in [4.69, 9.17) is 4.74 Å². The molecule has 0 saturated carbocycles. The minimum Gasteiger partial charge on any atom is -0.426 e. The fourth-order valence-electron chi connectivity index (χ4n) is 5.16. The maximum absolute atomic E-state index is 13.5. The second-order valence-corrected chi connectivity index (χ2v) is 10.5. The Balaban J connectivity index is 1.40. The van der Waals surface area contributed by atoms with E-state index >= 15 is 0 Å². The molecule has 4 rings (SSSR count). The van der Waals surface area contributed by atoms with E-state index in [-0.39, 0.29) is 44.7 Å². The number of nitrogens with one attached hydrogen (secondary N) is 1. The van der Waals surface area contributed by atoms with Crippen molar-refractivity contribution < 1.29 is 53.8 Å². The summed E-state index contributed by atoms with van der Waals surface area (Å²) in [7, 11) is 0. The van der Waals surface area contributed by atoms with Gasteiger partial charge >= 0.3 is 24.6 Å². The highest BCUT2D eigenvalue weighted by atomic mass is 19.4. The summed E-state index contributed by atoms with van der Waals surface area (Å²) in [6.45, 7) is 2.49. The topological polar surface area (TPSA) is 54.0 Å². The van der Waals surface area contributed by atoms with Gasteiger partial charge in [-0.2, -0.15) is 39.5 Å². The predicted octanol–water partition coefficient (Wildman–Crippen LogP) is 5.65. The number of morpholine rings is 1. The summed E-state index contributed by atoms with van der Waals surface area (Å²) < 4.78 is 126. The molecule has 0 spiro atoms. The van der Waals surface area contributed by atoms with E-state index in [9.17, 15) is 44.3 Å². The molecule has 220 valence electrons. The van der Waals surface area contributed by atoms with Crippen LogP contribution in [-0.2, 0) is 22.2 Å². The molecule has 1 N–H and O–H groups in total. The van der Waals surface area contributed by atoms with Crippen LogP contribution < -0.4 is 10.2 Å². The van der Waals surface area contributed by atoms with E-state index in [0.717, 1.165) is 29.9 Å². The normalized spacial score (nSPS) is 23.9. The van der Waals surface area contributed by atoms with Gasteiger partial charge < -0.3 is 24.6 Å². The van der Waals surface area contributed by atoms with Gasteiger partial charge in [0.05, 0.1) is 17.8 Å². The molecule has 3 heterocycles. The summed E-state index contributed by atoms with van der Waals surface area (Å²) >= 11 is 0. The van der Waals surface area contributed by atoms with Crippen LogP contribution in [0.3, 0.4) is 0 Å². The Hall–Kier alpha value is -2.42. The fraction of sp³-hybridized carbons (Fsp3) is 0.708. The van der Waals surface area contributed by atoms with Crippen molar-refractivity contribution in [2.45, 2.75) is 81.5 Å². The first-order chi connectivity index (χ1) is 17.9. The van der Waals surface area contributed by atoms with Gasteiger partial charge in [-0.15, -0.1) is 0 Å². The standard InChI is InChI=1S/C24H28F9N3O3/c1-21(6-8-35(9-7-21)20(37)39-19(23(28,29)30)24(31,32)33)34-11-14-2-3-15(22(25,26)27)10-18(14)36-12-16-4-5-17(13-36)38-16/h2-3,10,16-17,19,34H,4-9,11-13H2,1H3. The van der Waals surface area contributed by atoms with E-state index < -0.39 is 41.8 Å². The molecular formula is C24H28F9N3O3. The van der Waals surface area contributed by atoms with E-state index in [1.54, 1.807) is 6.92 Å². The molecule has 0 aliphatic carbocycles. The van der Waals surface area contributed by atoms with E-state index in [1.807, 2.05) is 4.90 Å². The molecule has 2 unspecified atom stereocenters. The van der Waals surface area contributed by atoms with Gasteiger partial charge in [0, 0.05) is 44.0 Å². The highest BCUT2D eigenvalue weighted by Crippen LogP contribution is 2.38. The van der Waals surface area contributed by atoms with Crippen LogP contribution in [0.4, 0.5) is 50.0 Å². The van der Waals surface area contributed by atoms with Crippen LogP contribution in [0.25, 0.3) is 0 Å². The number of alkyl halides is 9. The number of anilines is 1. The van der Waals surface area contributed by atoms with E-state index in [0.29, 0.717) is 24.3 Å². The van der Waals surface area contributed by atoms with Gasteiger partial charge in [0.2, 0.25) is 0 Å². The lowest BCUT2D eigenvalue weighted by atomic mass is 9.89. The number of hydrogen-bond acceptors (Lipinski definition) is 5. The molecule has 6 nitrogen and oxygen atoms in total. The zero-order valence-corrected chi connectivity index (χ0v) is 20.8. The first-order valence-electron chi connectivity index (χ1n) is 12.4. The molecule has 39 heavy (non-hydrogen) atoms. The Morgan fingerprint density at radius 1 is 1.03 bits per heavy atom. The van der Waals surface area contributed by atoms with Gasteiger partial charge in [-0.25, -0.2) is 4.79 Å². The van der Waals surface area contributed by atoms with Gasteiger partial charge in [-0.1, -0.05) is 6.07 Å². The SMILES string of the molecule is CC1(NCc2ccc(C(F)(F)F)cc2N2CC3CCC(C2)O3)CCN(C(=O)OC(C(F)(F)F)C(F)(F)F)CC1. The van der Waals surface area contributed by atoms with Crippen LogP contribution in [0.15, 0.2) is 18.2 Å². The molecule has 3 aliphatic rings. The first-order valence-corrected chi connectivity index (χ1v) is 12.4. The van der Waals surface area contributed by atoms with Crippen molar-refractivity contribution in [3.8, 4) is 0 Å². The Bertz CT molecular complexity index is 1010. The van der Waals surface area contributed by atoms with Crippen molar-refractivity contribution in [3.63, 3.8) is 0 Å². The van der Waals surface area contributed by atoms with Crippen molar-refractivity contribution >= 4 is 11.8 Å². The number of fused-ring (bicyclic) bond motifs is 2. The predicted molar refractivity (Wildman–Crippen MR) is 120 cm³/mol. The molecule has 1 aromatic rings. The summed E-state index contributed by atoms with van der Waals surface area (Å²) in [6, 6.07) is 3.50. The summed E-state index contributed by atoms with van der Waals surface area (Å²) in [4.78, 5) is 14.7. The van der Waals surface area contributed by atoms with Crippen molar-refractivity contribution in [3.05, 3.63) is 29.3 Å². The lowest BCUT2D eigenvalue weighted by Gasteiger charge is -2.41. The van der Waals surface area contributed by atoms with Gasteiger partial charge in [0.15, 0.2) is 0 Å². The molecule has 0 radical (unpaired) electrons. The maximum atomic E-state index is 13.5. The Labute approximate surface area is 218 Å². The minimum atomic E-state index is -5.81. The van der Waals surface area contributed by atoms with Crippen LogP contribution >= 0.6 is 0 Å². The smallest absolute Gasteiger partial charge is 0.426 e. The number of piperidine rings is 1. The number of rotatable bonds is 5. The largest absolute Gasteiger partial charge is 0.434 e. The molecule has 1 aromatic carbocycles. The summed E-state index contributed by atoms with van der Waals surface area (Å²) in [5, 5.41) is 3.26. The molecule has 2 bridgehead atoms. The number of carbonyl (C=O) groups is 1. The summed E-state index contributed by atoms with van der Waals surface area (Å²) in [5.74, 6) is 0. The van der Waals surface area contributed by atoms with Crippen molar-refractivity contribution in [2.24, 2.45) is 0 Å². The van der Waals surface area contributed by atoms with Crippen LogP contribution in [0, 0.1) is 0 Å². The van der Waals surface area contributed by atoms with Crippen molar-refractivity contribution in [2.75, 3.05) is 31.1 Å². The fourth-order valence-corrected chi connectivity index (χ4v) is 5.16. The average Bonchev–Trinajstić information content (AvgIpc) is 3.16. The van der Waals surface area contributed by atoms with Crippen LogP contribution in [0.1, 0.15) is 43.7 Å². The van der Waals surface area contributed by atoms with Crippen molar-refractivity contribution in [1.82, 2.24) is 10.2 Å². The quantitative estimate of drug-likeness (QED) is 0.459. The van der Waals surface area contributed by atoms with Crippen LogP contribution in [-0.4, -0.2) is 73.4 Å². The molecule has 15 heteroatoms. The zero-order valence-electron chi connectivity index (χ0n) is 20.8. The number of nitrogens with zero attached hydrogens (tertiary/aromatic N) is 2. The molecule has 1 amide bonds. The van der Waals surface area contributed by atoms with E-state index in [1.165, 1.54) is 6.07 Å². The third-order valence-electron chi connectivity index (χ3n) is 7.44. The number of hydrogen-bond donors (Lipinski definition) is 1. The van der Waals surface area contributed by atoms with Crippen molar-refractivity contribution in [1.29, 1.82) is 0 Å².